The van der Waals surface area contributed by atoms with Crippen LogP contribution in [0, 0.1) is 0 Å². The largest absolute Gasteiger partial charge is 0.350 e. The van der Waals surface area contributed by atoms with Crippen LogP contribution in [0.3, 0.4) is 0 Å². The summed E-state index contributed by atoms with van der Waals surface area (Å²) >= 11 is 0. The average Bonchev–Trinajstić information content (AvgIpc) is 1.98. The second-order valence-corrected chi connectivity index (χ2v) is 3.01. The molecule has 0 saturated carbocycles. The summed E-state index contributed by atoms with van der Waals surface area (Å²) in [4.78, 5) is 11.2. The number of amides is 1. The molecule has 0 aliphatic heterocycles. The minimum Gasteiger partial charge on any atom is -0.350 e. The van der Waals surface area contributed by atoms with E-state index in [-0.39, 0.29) is 11.9 Å². The van der Waals surface area contributed by atoms with Crippen LogP contribution >= 0.6 is 0 Å². The molecule has 0 unspecified atom stereocenters. The van der Waals surface area contributed by atoms with Crippen LogP contribution in [0.5, 0.6) is 0 Å². The molecule has 3 heteroatoms. The summed E-state index contributed by atoms with van der Waals surface area (Å²) in [6, 6.07) is 0.177. The van der Waals surface area contributed by atoms with E-state index in [2.05, 4.69) is 17.2 Å². The zero-order valence-corrected chi connectivity index (χ0v) is 8.11. The van der Waals surface area contributed by atoms with E-state index in [1.807, 2.05) is 20.8 Å². The molecule has 12 heavy (non-hydrogen) atoms. The molecular weight excluding hydrogens is 152 g/mol. The van der Waals surface area contributed by atoms with Crippen LogP contribution in [0.2, 0.25) is 0 Å². The minimum absolute atomic E-state index is 0.0639. The molecule has 0 aromatic heterocycles. The summed E-state index contributed by atoms with van der Waals surface area (Å²) in [5, 5.41) is 5.81. The van der Waals surface area contributed by atoms with Crippen molar-refractivity contribution in [2.24, 2.45) is 0 Å². The van der Waals surface area contributed by atoms with Gasteiger partial charge in [-0.2, -0.15) is 0 Å². The molecule has 70 valence electrons. The third-order valence-corrected chi connectivity index (χ3v) is 1.33. The molecule has 0 fully saturated rings. The van der Waals surface area contributed by atoms with E-state index < -0.39 is 0 Å². The van der Waals surface area contributed by atoms with Gasteiger partial charge in [-0.25, -0.2) is 0 Å². The average molecular weight is 170 g/mol. The molecule has 3 nitrogen and oxygen atoms in total. The number of likely N-dealkylation sites (N-methyl/N-ethyl adjacent to an activating group) is 1. The number of hydrogen-bond donors (Lipinski definition) is 2. The summed E-state index contributed by atoms with van der Waals surface area (Å²) in [5.41, 5.74) is 0.588. The Balaban J connectivity index is 3.70. The number of rotatable bonds is 5. The van der Waals surface area contributed by atoms with Gasteiger partial charge in [-0.3, -0.25) is 4.79 Å². The van der Waals surface area contributed by atoms with Gasteiger partial charge in [-0.15, -0.1) is 0 Å². The quantitative estimate of drug-likeness (QED) is 0.596. The Morgan fingerprint density at radius 2 is 2.08 bits per heavy atom. The first-order valence-corrected chi connectivity index (χ1v) is 4.27. The monoisotopic (exact) mass is 170 g/mol. The molecule has 0 aromatic rings. The zero-order chi connectivity index (χ0) is 9.56. The first kappa shape index (κ1) is 11.2. The second-order valence-electron chi connectivity index (χ2n) is 3.01. The molecule has 0 bridgehead atoms. The van der Waals surface area contributed by atoms with E-state index in [1.54, 1.807) is 0 Å². The van der Waals surface area contributed by atoms with Crippen LogP contribution in [0.4, 0.5) is 0 Å². The molecule has 0 aliphatic rings. The molecule has 2 N–H and O–H groups in total. The van der Waals surface area contributed by atoms with E-state index in [1.165, 1.54) is 0 Å². The second kappa shape index (κ2) is 5.77. The van der Waals surface area contributed by atoms with Crippen molar-refractivity contribution in [1.29, 1.82) is 0 Å². The maximum atomic E-state index is 11.2. The highest BCUT2D eigenvalue weighted by molar-refractivity contribution is 5.93. The standard InChI is InChI=1S/C9H18N2O/c1-5-10-6-8(4)9(12)11-7(2)3/h7,10H,4-6H2,1-3H3,(H,11,12). The van der Waals surface area contributed by atoms with Crippen molar-refractivity contribution in [3.63, 3.8) is 0 Å². The van der Waals surface area contributed by atoms with Crippen LogP contribution < -0.4 is 10.6 Å². The molecule has 1 amide bonds. The predicted octanol–water partition coefficient (Wildman–Crippen LogP) is 0.677. The van der Waals surface area contributed by atoms with Gasteiger partial charge in [0.15, 0.2) is 0 Å². The summed E-state index contributed by atoms with van der Waals surface area (Å²) in [6.07, 6.45) is 0. The maximum Gasteiger partial charge on any atom is 0.248 e. The predicted molar refractivity (Wildman–Crippen MR) is 51.0 cm³/mol. The highest BCUT2D eigenvalue weighted by Crippen LogP contribution is 1.89. The lowest BCUT2D eigenvalue weighted by molar-refractivity contribution is -0.118. The van der Waals surface area contributed by atoms with Gasteiger partial charge in [0.25, 0.3) is 0 Å². The van der Waals surface area contributed by atoms with E-state index in [0.29, 0.717) is 12.1 Å². The number of nitrogens with one attached hydrogen (secondary N) is 2. The number of hydrogen-bond acceptors (Lipinski definition) is 2. The molecule has 0 radical (unpaired) electrons. The normalized spacial score (nSPS) is 10.0. The molecule has 0 aromatic carbocycles. The van der Waals surface area contributed by atoms with Gasteiger partial charge >= 0.3 is 0 Å². The first-order valence-electron chi connectivity index (χ1n) is 4.27. The Kier molecular flexibility index (Phi) is 5.37. The number of carbonyl (C=O) groups excluding carboxylic acids is 1. The van der Waals surface area contributed by atoms with Crippen molar-refractivity contribution in [3.05, 3.63) is 12.2 Å². The fourth-order valence-electron chi connectivity index (χ4n) is 0.720. The summed E-state index contributed by atoms with van der Waals surface area (Å²) in [5.74, 6) is -0.0639. The van der Waals surface area contributed by atoms with Crippen LogP contribution in [0.15, 0.2) is 12.2 Å². The van der Waals surface area contributed by atoms with Gasteiger partial charge in [-0.05, 0) is 20.4 Å². The lowest BCUT2D eigenvalue weighted by Gasteiger charge is -2.10. The van der Waals surface area contributed by atoms with Crippen molar-refractivity contribution >= 4 is 5.91 Å². The summed E-state index contributed by atoms with van der Waals surface area (Å²) < 4.78 is 0. The Labute approximate surface area is 74.2 Å². The van der Waals surface area contributed by atoms with Gasteiger partial charge in [-0.1, -0.05) is 13.5 Å². The van der Waals surface area contributed by atoms with Crippen LogP contribution in [0.25, 0.3) is 0 Å². The van der Waals surface area contributed by atoms with Crippen molar-refractivity contribution in [1.82, 2.24) is 10.6 Å². The highest BCUT2D eigenvalue weighted by atomic mass is 16.1. The smallest absolute Gasteiger partial charge is 0.248 e. The molecule has 0 heterocycles. The van der Waals surface area contributed by atoms with E-state index in [0.717, 1.165) is 6.54 Å². The molecule has 0 rings (SSSR count). The van der Waals surface area contributed by atoms with E-state index >= 15 is 0 Å². The van der Waals surface area contributed by atoms with Crippen LogP contribution in [-0.2, 0) is 4.79 Å². The maximum absolute atomic E-state index is 11.2. The number of carbonyl (C=O) groups is 1. The fourth-order valence-corrected chi connectivity index (χ4v) is 0.720. The first-order chi connectivity index (χ1) is 5.57. The SMILES string of the molecule is C=C(CNCC)C(=O)NC(C)C. The molecule has 0 atom stereocenters. The summed E-state index contributed by atoms with van der Waals surface area (Å²) in [6.45, 7) is 10.9. The molecule has 0 saturated heterocycles. The van der Waals surface area contributed by atoms with Crippen molar-refractivity contribution < 1.29 is 4.79 Å². The highest BCUT2D eigenvalue weighted by Gasteiger charge is 2.06. The van der Waals surface area contributed by atoms with Crippen LogP contribution in [0.1, 0.15) is 20.8 Å². The molecule has 0 aliphatic carbocycles. The Morgan fingerprint density at radius 3 is 2.50 bits per heavy atom. The van der Waals surface area contributed by atoms with Crippen LogP contribution in [-0.4, -0.2) is 25.0 Å². The van der Waals surface area contributed by atoms with Gasteiger partial charge in [0.1, 0.15) is 0 Å². The molecule has 0 spiro atoms. The lowest BCUT2D eigenvalue weighted by Crippen LogP contribution is -2.34. The lowest BCUT2D eigenvalue weighted by atomic mass is 10.2. The molecular formula is C9H18N2O. The van der Waals surface area contributed by atoms with Crippen molar-refractivity contribution in [2.45, 2.75) is 26.8 Å². The van der Waals surface area contributed by atoms with E-state index in [4.69, 9.17) is 0 Å². The van der Waals surface area contributed by atoms with Gasteiger partial charge < -0.3 is 10.6 Å². The fraction of sp³-hybridized carbons (Fsp3) is 0.667. The Bertz CT molecular complexity index is 164. The minimum atomic E-state index is -0.0639. The van der Waals surface area contributed by atoms with E-state index in [9.17, 15) is 4.79 Å². The third kappa shape index (κ3) is 4.91. The Hall–Kier alpha value is -0.830. The van der Waals surface area contributed by atoms with Crippen molar-refractivity contribution in [2.75, 3.05) is 13.1 Å². The Morgan fingerprint density at radius 1 is 1.50 bits per heavy atom. The van der Waals surface area contributed by atoms with Gasteiger partial charge in [0.2, 0.25) is 5.91 Å². The van der Waals surface area contributed by atoms with Gasteiger partial charge in [0.05, 0.1) is 0 Å². The zero-order valence-electron chi connectivity index (χ0n) is 8.11. The third-order valence-electron chi connectivity index (χ3n) is 1.33. The summed E-state index contributed by atoms with van der Waals surface area (Å²) in [7, 11) is 0. The topological polar surface area (TPSA) is 41.1 Å². The van der Waals surface area contributed by atoms with Gasteiger partial charge in [0, 0.05) is 18.2 Å². The van der Waals surface area contributed by atoms with Crippen molar-refractivity contribution in [3.8, 4) is 0 Å².